The Bertz CT molecular complexity index is 1980. The van der Waals surface area contributed by atoms with Gasteiger partial charge in [-0.15, -0.1) is 0 Å². The fourth-order valence-electron chi connectivity index (χ4n) is 7.67. The lowest BCUT2D eigenvalue weighted by atomic mass is 9.98. The van der Waals surface area contributed by atoms with Crippen molar-refractivity contribution >= 4 is 23.9 Å². The molecule has 0 bridgehead atoms. The Labute approximate surface area is 475 Å². The van der Waals surface area contributed by atoms with Crippen LogP contribution in [0.25, 0.3) is 0 Å². The summed E-state index contributed by atoms with van der Waals surface area (Å²) < 4.78 is 28.3. The second-order valence-corrected chi connectivity index (χ2v) is 19.1. The fraction of sp³-hybridized carbons (Fsp3) is 0.552. The highest BCUT2D eigenvalue weighted by Crippen LogP contribution is 2.26. The van der Waals surface area contributed by atoms with Crippen LogP contribution in [0.3, 0.4) is 0 Å². The molecule has 0 radical (unpaired) electrons. The molecule has 1 heterocycles. The van der Waals surface area contributed by atoms with Crippen molar-refractivity contribution in [2.45, 2.75) is 225 Å². The molecule has 12 nitrogen and oxygen atoms in total. The normalized spacial score (nSPS) is 19.0. The van der Waals surface area contributed by atoms with Crippen molar-refractivity contribution in [2.24, 2.45) is 0 Å². The molecule has 0 spiro atoms. The molecule has 1 aliphatic heterocycles. The molecular formula is C67H100O12. The quantitative estimate of drug-likeness (QED) is 0.0228. The summed E-state index contributed by atoms with van der Waals surface area (Å²) in [7, 11) is 0. The Morgan fingerprint density at radius 1 is 0.418 bits per heavy atom. The third kappa shape index (κ3) is 42.9. The Balaban J connectivity index is 2.78. The number of ether oxygens (including phenoxy) is 5. The molecule has 440 valence electrons. The minimum absolute atomic E-state index is 0.0101. The maximum absolute atomic E-state index is 13.1. The molecule has 1 rings (SSSR count). The van der Waals surface area contributed by atoms with Crippen LogP contribution in [0.15, 0.2) is 158 Å². The van der Waals surface area contributed by atoms with Gasteiger partial charge in [-0.1, -0.05) is 185 Å². The molecule has 0 aliphatic carbocycles. The molecule has 1 aliphatic rings. The van der Waals surface area contributed by atoms with Crippen molar-refractivity contribution < 1.29 is 58.2 Å². The molecule has 79 heavy (non-hydrogen) atoms. The van der Waals surface area contributed by atoms with Gasteiger partial charge in [0.25, 0.3) is 0 Å². The number of carboxylic acids is 1. The van der Waals surface area contributed by atoms with Crippen LogP contribution in [0.1, 0.15) is 188 Å². The van der Waals surface area contributed by atoms with E-state index in [1.54, 1.807) is 0 Å². The predicted octanol–water partition coefficient (Wildman–Crippen LogP) is 15.3. The van der Waals surface area contributed by atoms with Crippen molar-refractivity contribution in [3.63, 3.8) is 0 Å². The van der Waals surface area contributed by atoms with Crippen molar-refractivity contribution in [3.8, 4) is 0 Å². The standard InChI is InChI=1S/C67H100O12/c1-4-7-10-13-16-19-22-25-28-29-30-31-34-35-38-41-44-47-50-53-59(68)75-56-58(77-60(69)54-51-48-45-42-39-36-32-26-23-20-17-14-11-8-5-2)57-76-67-65(63(72)62(71)64(79-67)66(73)74)78-61(70)55-52-49-46-43-40-37-33-27-24-21-18-15-12-9-6-3/h7-12,16-21,25-28,30-33,35,38-40,42-43,58,62-65,67,71-72H,4-6,13-15,22-24,29,34,36-37,41,44-57H2,1-3H3,(H,73,74)/b10-7-,11-8-,12-9-,19-16-,20-17-,21-18-,28-25-,31-30-,32-26-,33-27-,38-35-,42-39-,43-40-. The minimum atomic E-state index is -1.94. The van der Waals surface area contributed by atoms with E-state index in [1.807, 2.05) is 0 Å². The largest absolute Gasteiger partial charge is 0.479 e. The van der Waals surface area contributed by atoms with Crippen LogP contribution in [-0.2, 0) is 42.9 Å². The molecule has 0 aromatic rings. The molecule has 1 saturated heterocycles. The van der Waals surface area contributed by atoms with Gasteiger partial charge in [0.2, 0.25) is 0 Å². The summed E-state index contributed by atoms with van der Waals surface area (Å²) in [4.78, 5) is 51.1. The van der Waals surface area contributed by atoms with Gasteiger partial charge < -0.3 is 39.0 Å². The molecule has 0 aromatic carbocycles. The summed E-state index contributed by atoms with van der Waals surface area (Å²) in [6, 6.07) is 0. The van der Waals surface area contributed by atoms with Gasteiger partial charge in [0.05, 0.1) is 6.61 Å². The molecule has 0 aromatic heterocycles. The highest BCUT2D eigenvalue weighted by Gasteiger charge is 2.50. The number of aliphatic hydroxyl groups is 2. The van der Waals surface area contributed by atoms with Crippen molar-refractivity contribution in [1.29, 1.82) is 0 Å². The first kappa shape index (κ1) is 71.4. The number of hydrogen-bond donors (Lipinski definition) is 3. The zero-order valence-corrected chi connectivity index (χ0v) is 48.3. The smallest absolute Gasteiger partial charge is 0.335 e. The van der Waals surface area contributed by atoms with Crippen LogP contribution in [0.5, 0.6) is 0 Å². The van der Waals surface area contributed by atoms with Gasteiger partial charge in [0.15, 0.2) is 24.6 Å². The van der Waals surface area contributed by atoms with Crippen LogP contribution in [0.2, 0.25) is 0 Å². The average molecular weight is 1100 g/mol. The molecule has 6 atom stereocenters. The van der Waals surface area contributed by atoms with Gasteiger partial charge in [-0.3, -0.25) is 14.4 Å². The Hall–Kier alpha value is -5.66. The van der Waals surface area contributed by atoms with Crippen molar-refractivity contribution in [1.82, 2.24) is 0 Å². The number of carbonyl (C=O) groups is 4. The van der Waals surface area contributed by atoms with Gasteiger partial charge in [-0.2, -0.15) is 0 Å². The van der Waals surface area contributed by atoms with Crippen LogP contribution in [0.4, 0.5) is 0 Å². The van der Waals surface area contributed by atoms with Gasteiger partial charge in [0.1, 0.15) is 18.8 Å². The van der Waals surface area contributed by atoms with Gasteiger partial charge in [0, 0.05) is 19.3 Å². The van der Waals surface area contributed by atoms with Gasteiger partial charge >= 0.3 is 23.9 Å². The Kier molecular flexibility index (Phi) is 47.9. The first-order valence-electron chi connectivity index (χ1n) is 29.5. The van der Waals surface area contributed by atoms with Crippen LogP contribution < -0.4 is 0 Å². The monoisotopic (exact) mass is 1100 g/mol. The van der Waals surface area contributed by atoms with Gasteiger partial charge in [-0.05, 0) is 141 Å². The van der Waals surface area contributed by atoms with E-state index in [-0.39, 0.29) is 25.9 Å². The number of rotatable bonds is 47. The number of aliphatic hydroxyl groups excluding tert-OH is 2. The Morgan fingerprint density at radius 3 is 1.15 bits per heavy atom. The van der Waals surface area contributed by atoms with E-state index in [2.05, 4.69) is 179 Å². The summed E-state index contributed by atoms with van der Waals surface area (Å²) in [6.07, 6.45) is 65.0. The number of allylic oxidation sites excluding steroid dienone is 26. The molecule has 0 amide bonds. The summed E-state index contributed by atoms with van der Waals surface area (Å²) >= 11 is 0. The third-order valence-electron chi connectivity index (χ3n) is 12.1. The number of carboxylic acid groups (broad SMARTS) is 1. The zero-order valence-electron chi connectivity index (χ0n) is 48.3. The summed E-state index contributed by atoms with van der Waals surface area (Å²) in [5.74, 6) is -3.31. The number of esters is 3. The average Bonchev–Trinajstić information content (AvgIpc) is 3.46. The second kappa shape index (κ2) is 53.0. The van der Waals surface area contributed by atoms with Gasteiger partial charge in [-0.25, -0.2) is 4.79 Å². The van der Waals surface area contributed by atoms with E-state index in [4.69, 9.17) is 23.7 Å². The first-order chi connectivity index (χ1) is 38.6. The molecule has 1 fully saturated rings. The van der Waals surface area contributed by atoms with Crippen LogP contribution in [-0.4, -0.2) is 89.2 Å². The van der Waals surface area contributed by atoms with Crippen LogP contribution >= 0.6 is 0 Å². The SMILES string of the molecule is CC/C=C\C/C=C\C/C=C\C/C=C\C/C=C\CCCCCC(=O)OCC(COC1OC(C(=O)O)C(O)C(O)C1OC(=O)CCCC/C=C\C/C=C\C/C=C\C/C=C\CC)OC(=O)CCCC/C=C\C/C=C\C/C=C\C/C=C\CC. The van der Waals surface area contributed by atoms with E-state index in [9.17, 15) is 34.5 Å². The lowest BCUT2D eigenvalue weighted by molar-refractivity contribution is -0.301. The van der Waals surface area contributed by atoms with E-state index < -0.39 is 67.3 Å². The van der Waals surface area contributed by atoms with E-state index >= 15 is 0 Å². The fourth-order valence-corrected chi connectivity index (χ4v) is 7.67. The summed E-state index contributed by atoms with van der Waals surface area (Å²) in [5.41, 5.74) is 0. The van der Waals surface area contributed by atoms with E-state index in [1.165, 1.54) is 0 Å². The Morgan fingerprint density at radius 2 is 0.759 bits per heavy atom. The minimum Gasteiger partial charge on any atom is -0.479 e. The van der Waals surface area contributed by atoms with E-state index in [0.29, 0.717) is 25.7 Å². The number of unbranched alkanes of at least 4 members (excludes halogenated alkanes) is 7. The summed E-state index contributed by atoms with van der Waals surface area (Å²) in [6.45, 7) is 5.54. The lowest BCUT2D eigenvalue weighted by Gasteiger charge is -2.40. The predicted molar refractivity (Wildman–Crippen MR) is 321 cm³/mol. The maximum atomic E-state index is 13.1. The molecule has 12 heteroatoms. The number of hydrogen-bond acceptors (Lipinski definition) is 11. The number of carbonyl (C=O) groups excluding carboxylic acids is 3. The first-order valence-corrected chi connectivity index (χ1v) is 29.5. The zero-order chi connectivity index (χ0) is 57.5. The van der Waals surface area contributed by atoms with Crippen molar-refractivity contribution in [2.75, 3.05) is 13.2 Å². The molecular weight excluding hydrogens is 997 g/mol. The van der Waals surface area contributed by atoms with Crippen LogP contribution in [0, 0.1) is 0 Å². The highest BCUT2D eigenvalue weighted by molar-refractivity contribution is 5.74. The maximum Gasteiger partial charge on any atom is 0.335 e. The second-order valence-electron chi connectivity index (χ2n) is 19.1. The molecule has 0 saturated carbocycles. The summed E-state index contributed by atoms with van der Waals surface area (Å²) in [5, 5.41) is 31.5. The van der Waals surface area contributed by atoms with Crippen molar-refractivity contribution in [3.05, 3.63) is 158 Å². The lowest BCUT2D eigenvalue weighted by Crippen LogP contribution is -2.61. The molecule has 6 unspecified atom stereocenters. The number of aliphatic carboxylic acids is 1. The topological polar surface area (TPSA) is 175 Å². The van der Waals surface area contributed by atoms with E-state index in [0.717, 1.165) is 122 Å². The highest BCUT2D eigenvalue weighted by atomic mass is 16.7. The third-order valence-corrected chi connectivity index (χ3v) is 12.1. The molecule has 3 N–H and O–H groups in total.